The maximum Gasteiger partial charge on any atom is 0.410 e. The number of fused-ring (bicyclic) bond motifs is 1. The second-order valence-corrected chi connectivity index (χ2v) is 10.9. The fourth-order valence-corrected chi connectivity index (χ4v) is 4.90. The Morgan fingerprint density at radius 3 is 2.48 bits per heavy atom. The fourth-order valence-electron chi connectivity index (χ4n) is 4.90. The molecule has 0 aliphatic carbocycles. The second kappa shape index (κ2) is 9.75. The molecule has 40 heavy (non-hydrogen) atoms. The quantitative estimate of drug-likeness (QED) is 0.293. The Morgan fingerprint density at radius 1 is 1.00 bits per heavy atom. The van der Waals surface area contributed by atoms with Crippen molar-refractivity contribution in [3.8, 4) is 28.3 Å². The molecule has 0 atom stereocenters. The molecule has 2 aromatic carbocycles. The third-order valence-electron chi connectivity index (χ3n) is 6.87. The van der Waals surface area contributed by atoms with Gasteiger partial charge < -0.3 is 15.4 Å². The van der Waals surface area contributed by atoms with E-state index in [0.717, 1.165) is 11.3 Å². The number of carbonyl (C=O) groups is 1. The van der Waals surface area contributed by atoms with Crippen LogP contribution in [-0.2, 0) is 4.74 Å². The molecule has 1 aliphatic heterocycles. The van der Waals surface area contributed by atoms with E-state index >= 15 is 4.39 Å². The standard InChI is InChI=1S/C31H29FN6O2/c1-31(2,3)40-30(39)37-17-20(18-37)22-12-11-21(16-24(22)32)38-28(23-10-7-15-34-27(23)33)36-26-14-13-25(35-29(26)38)19-8-5-4-6-9-19/h4-16,20H,17-18H2,1-3H3,(H2,33,34). The SMILES string of the molecule is CC(C)(C)OC(=O)N1CC(c2ccc(-n3c(-c4cccnc4N)nc4ccc(-c5ccccc5)nc43)cc2F)C1. The van der Waals surface area contributed by atoms with Gasteiger partial charge in [-0.2, -0.15) is 0 Å². The zero-order valence-electron chi connectivity index (χ0n) is 22.5. The van der Waals surface area contributed by atoms with Gasteiger partial charge in [-0.25, -0.2) is 24.1 Å². The van der Waals surface area contributed by atoms with E-state index in [0.29, 0.717) is 52.7 Å². The van der Waals surface area contributed by atoms with E-state index in [1.54, 1.807) is 23.2 Å². The number of amides is 1. The van der Waals surface area contributed by atoms with Crippen molar-refractivity contribution < 1.29 is 13.9 Å². The van der Waals surface area contributed by atoms with Crippen molar-refractivity contribution in [2.45, 2.75) is 32.3 Å². The molecule has 0 saturated carbocycles. The molecule has 8 nitrogen and oxygen atoms in total. The number of hydrogen-bond acceptors (Lipinski definition) is 6. The Balaban J connectivity index is 1.40. The third kappa shape index (κ3) is 4.75. The van der Waals surface area contributed by atoms with Crippen molar-refractivity contribution in [3.63, 3.8) is 0 Å². The molecule has 0 spiro atoms. The van der Waals surface area contributed by atoms with Crippen molar-refractivity contribution >= 4 is 23.1 Å². The van der Waals surface area contributed by atoms with Gasteiger partial charge in [0.25, 0.3) is 0 Å². The van der Waals surface area contributed by atoms with Crippen LogP contribution in [0.1, 0.15) is 32.3 Å². The highest BCUT2D eigenvalue weighted by Crippen LogP contribution is 2.35. The molecule has 6 rings (SSSR count). The summed E-state index contributed by atoms with van der Waals surface area (Å²) in [6, 6.07) is 22.4. The lowest BCUT2D eigenvalue weighted by atomic mass is 9.91. The number of halogens is 1. The van der Waals surface area contributed by atoms with Gasteiger partial charge in [0.2, 0.25) is 0 Å². The van der Waals surface area contributed by atoms with E-state index in [-0.39, 0.29) is 17.8 Å². The Bertz CT molecular complexity index is 1720. The summed E-state index contributed by atoms with van der Waals surface area (Å²) < 4.78 is 22.9. The molecule has 1 amide bonds. The van der Waals surface area contributed by atoms with Gasteiger partial charge in [0, 0.05) is 30.8 Å². The first-order chi connectivity index (χ1) is 19.2. The van der Waals surface area contributed by atoms with Crippen LogP contribution in [0.2, 0.25) is 0 Å². The van der Waals surface area contributed by atoms with Crippen LogP contribution >= 0.6 is 0 Å². The highest BCUT2D eigenvalue weighted by atomic mass is 19.1. The topological polar surface area (TPSA) is 99.2 Å². The summed E-state index contributed by atoms with van der Waals surface area (Å²) in [7, 11) is 0. The molecule has 4 heterocycles. The van der Waals surface area contributed by atoms with Crippen LogP contribution in [0.25, 0.3) is 39.5 Å². The number of anilines is 1. The fraction of sp³-hybridized carbons (Fsp3) is 0.226. The molecule has 1 saturated heterocycles. The Morgan fingerprint density at radius 2 is 1.77 bits per heavy atom. The van der Waals surface area contributed by atoms with Crippen LogP contribution in [0.4, 0.5) is 15.0 Å². The first-order valence-electron chi connectivity index (χ1n) is 13.1. The molecule has 3 aromatic heterocycles. The zero-order chi connectivity index (χ0) is 28.0. The monoisotopic (exact) mass is 536 g/mol. The smallest absolute Gasteiger partial charge is 0.410 e. The molecule has 2 N–H and O–H groups in total. The number of aromatic nitrogens is 4. The first-order valence-corrected chi connectivity index (χ1v) is 13.1. The number of hydrogen-bond donors (Lipinski definition) is 1. The predicted molar refractivity (Wildman–Crippen MR) is 152 cm³/mol. The van der Waals surface area contributed by atoms with Crippen LogP contribution in [0.15, 0.2) is 79.0 Å². The highest BCUT2D eigenvalue weighted by Gasteiger charge is 2.36. The van der Waals surface area contributed by atoms with Crippen LogP contribution in [0, 0.1) is 5.82 Å². The van der Waals surface area contributed by atoms with Gasteiger partial charge in [-0.05, 0) is 62.7 Å². The number of rotatable bonds is 4. The highest BCUT2D eigenvalue weighted by molar-refractivity contribution is 5.84. The molecule has 1 fully saturated rings. The van der Waals surface area contributed by atoms with Crippen molar-refractivity contribution in [1.82, 2.24) is 24.4 Å². The molecule has 9 heteroatoms. The number of imidazole rings is 1. The van der Waals surface area contributed by atoms with Crippen molar-refractivity contribution in [2.24, 2.45) is 0 Å². The summed E-state index contributed by atoms with van der Waals surface area (Å²) in [6.45, 7) is 6.28. The minimum absolute atomic E-state index is 0.114. The van der Waals surface area contributed by atoms with Crippen molar-refractivity contribution in [1.29, 1.82) is 0 Å². The van der Waals surface area contributed by atoms with Crippen LogP contribution in [0.5, 0.6) is 0 Å². The number of nitrogens with two attached hydrogens (primary N) is 1. The maximum atomic E-state index is 15.6. The molecule has 0 radical (unpaired) electrons. The van der Waals surface area contributed by atoms with Gasteiger partial charge in [0.1, 0.15) is 22.8 Å². The Labute approximate surface area is 231 Å². The lowest BCUT2D eigenvalue weighted by molar-refractivity contribution is 0.00790. The zero-order valence-corrected chi connectivity index (χ0v) is 22.5. The first kappa shape index (κ1) is 25.5. The summed E-state index contributed by atoms with van der Waals surface area (Å²) >= 11 is 0. The predicted octanol–water partition coefficient (Wildman–Crippen LogP) is 6.21. The summed E-state index contributed by atoms with van der Waals surface area (Å²) in [5.41, 5.74) is 10.3. The Kier molecular flexibility index (Phi) is 6.21. The molecule has 202 valence electrons. The minimum atomic E-state index is -0.577. The van der Waals surface area contributed by atoms with Gasteiger partial charge in [-0.1, -0.05) is 36.4 Å². The number of nitrogen functional groups attached to an aromatic ring is 1. The summed E-state index contributed by atoms with van der Waals surface area (Å²) in [5.74, 6) is 0.358. The van der Waals surface area contributed by atoms with Crippen LogP contribution in [0.3, 0.4) is 0 Å². The molecular weight excluding hydrogens is 507 g/mol. The average molecular weight is 537 g/mol. The van der Waals surface area contributed by atoms with E-state index in [9.17, 15) is 4.79 Å². The average Bonchev–Trinajstić information content (AvgIpc) is 3.27. The normalized spacial score (nSPS) is 13.8. The summed E-state index contributed by atoms with van der Waals surface area (Å²) in [6.07, 6.45) is 1.23. The van der Waals surface area contributed by atoms with Crippen LogP contribution in [-0.4, -0.2) is 49.2 Å². The van der Waals surface area contributed by atoms with E-state index < -0.39 is 5.60 Å². The largest absolute Gasteiger partial charge is 0.444 e. The van der Waals surface area contributed by atoms with E-state index in [2.05, 4.69) is 4.98 Å². The lowest BCUT2D eigenvalue weighted by Crippen LogP contribution is -2.50. The van der Waals surface area contributed by atoms with E-state index in [4.69, 9.17) is 20.4 Å². The number of benzene rings is 2. The summed E-state index contributed by atoms with van der Waals surface area (Å²) in [5, 5.41) is 0. The van der Waals surface area contributed by atoms with Crippen LogP contribution < -0.4 is 5.73 Å². The van der Waals surface area contributed by atoms with Gasteiger partial charge >= 0.3 is 6.09 Å². The van der Waals surface area contributed by atoms with E-state index in [1.807, 2.05) is 79.9 Å². The summed E-state index contributed by atoms with van der Waals surface area (Å²) in [4.78, 5) is 27.9. The molecule has 0 unspecified atom stereocenters. The van der Waals surface area contributed by atoms with Gasteiger partial charge in [0.15, 0.2) is 11.5 Å². The molecule has 1 aliphatic rings. The number of nitrogens with zero attached hydrogens (tertiary/aromatic N) is 5. The van der Waals surface area contributed by atoms with Gasteiger partial charge in [0.05, 0.1) is 16.9 Å². The molecule has 5 aromatic rings. The maximum absolute atomic E-state index is 15.6. The number of carbonyl (C=O) groups excluding carboxylic acids is 1. The van der Waals surface area contributed by atoms with Crippen molar-refractivity contribution in [2.75, 3.05) is 18.8 Å². The number of ether oxygens (including phenoxy) is 1. The Hall–Kier alpha value is -4.79. The molecule has 0 bridgehead atoms. The number of likely N-dealkylation sites (tertiary alicyclic amines) is 1. The second-order valence-electron chi connectivity index (χ2n) is 10.9. The molecular formula is C31H29FN6O2. The lowest BCUT2D eigenvalue weighted by Gasteiger charge is -2.40. The van der Waals surface area contributed by atoms with E-state index in [1.165, 1.54) is 6.07 Å². The van der Waals surface area contributed by atoms with Gasteiger partial charge in [-0.15, -0.1) is 0 Å². The van der Waals surface area contributed by atoms with Gasteiger partial charge in [-0.3, -0.25) is 4.57 Å². The third-order valence-corrected chi connectivity index (χ3v) is 6.87. The van der Waals surface area contributed by atoms with Crippen molar-refractivity contribution in [3.05, 3.63) is 90.4 Å². The minimum Gasteiger partial charge on any atom is -0.444 e. The number of pyridine rings is 2.